The van der Waals surface area contributed by atoms with Crippen molar-refractivity contribution in [2.45, 2.75) is 32.9 Å². The molecule has 0 aromatic heterocycles. The van der Waals surface area contributed by atoms with E-state index in [1.807, 2.05) is 18.7 Å². The molecule has 0 saturated carbocycles. The van der Waals surface area contributed by atoms with Gasteiger partial charge in [0.1, 0.15) is 5.75 Å². The summed E-state index contributed by atoms with van der Waals surface area (Å²) in [5.41, 5.74) is 0.638. The van der Waals surface area contributed by atoms with Gasteiger partial charge in [-0.05, 0) is 18.6 Å². The van der Waals surface area contributed by atoms with Gasteiger partial charge >= 0.3 is 6.61 Å². The van der Waals surface area contributed by atoms with Crippen LogP contribution in [0, 0.1) is 5.92 Å². The molecule has 1 aliphatic heterocycles. The molecular formula is C15H20F2N2O2. The highest BCUT2D eigenvalue weighted by Gasteiger charge is 2.26. The molecule has 1 atom stereocenters. The zero-order chi connectivity index (χ0) is 15.4. The Morgan fingerprint density at radius 3 is 2.76 bits per heavy atom. The number of alkyl halides is 2. The lowest BCUT2D eigenvalue weighted by atomic mass is 10.2. The van der Waals surface area contributed by atoms with E-state index in [-0.39, 0.29) is 23.6 Å². The first kappa shape index (κ1) is 15.5. The fourth-order valence-corrected chi connectivity index (χ4v) is 2.38. The molecule has 1 heterocycles. The standard InChI is InChI=1S/C15H20F2N2O2/c1-10(2)14(20)18-11-7-8-19(9-11)12-5-3-4-6-13(12)21-15(16)17/h3-6,10-11,15H,7-9H2,1-2H3,(H,18,20)/t11-/m1/s1. The Hall–Kier alpha value is -1.85. The molecule has 116 valence electrons. The first-order chi connectivity index (χ1) is 9.97. The zero-order valence-electron chi connectivity index (χ0n) is 12.2. The highest BCUT2D eigenvalue weighted by molar-refractivity contribution is 5.78. The van der Waals surface area contributed by atoms with Gasteiger partial charge in [-0.3, -0.25) is 4.79 Å². The number of para-hydroxylation sites is 2. The Labute approximate surface area is 123 Å². The number of rotatable bonds is 5. The zero-order valence-corrected chi connectivity index (χ0v) is 12.2. The lowest BCUT2D eigenvalue weighted by molar-refractivity contribution is -0.124. The van der Waals surface area contributed by atoms with Crippen LogP contribution in [0.4, 0.5) is 14.5 Å². The highest BCUT2D eigenvalue weighted by atomic mass is 19.3. The van der Waals surface area contributed by atoms with Gasteiger partial charge in [0, 0.05) is 25.0 Å². The number of carbonyl (C=O) groups excluding carboxylic acids is 1. The van der Waals surface area contributed by atoms with E-state index in [9.17, 15) is 13.6 Å². The van der Waals surface area contributed by atoms with Gasteiger partial charge in [-0.1, -0.05) is 26.0 Å². The van der Waals surface area contributed by atoms with E-state index >= 15 is 0 Å². The van der Waals surface area contributed by atoms with Crippen molar-refractivity contribution in [2.75, 3.05) is 18.0 Å². The average Bonchev–Trinajstić information content (AvgIpc) is 2.87. The maximum absolute atomic E-state index is 12.4. The monoisotopic (exact) mass is 298 g/mol. The topological polar surface area (TPSA) is 41.6 Å². The minimum absolute atomic E-state index is 0.0129. The molecule has 1 amide bonds. The van der Waals surface area contributed by atoms with Crippen LogP contribution in [-0.4, -0.2) is 31.7 Å². The number of ether oxygens (including phenoxy) is 1. The summed E-state index contributed by atoms with van der Waals surface area (Å²) in [4.78, 5) is 13.7. The van der Waals surface area contributed by atoms with Crippen molar-refractivity contribution < 1.29 is 18.3 Å². The van der Waals surface area contributed by atoms with Crippen molar-refractivity contribution in [1.82, 2.24) is 5.32 Å². The van der Waals surface area contributed by atoms with Crippen LogP contribution in [0.1, 0.15) is 20.3 Å². The SMILES string of the molecule is CC(C)C(=O)N[C@@H]1CCN(c2ccccc2OC(F)F)C1. The van der Waals surface area contributed by atoms with E-state index in [0.717, 1.165) is 6.42 Å². The molecule has 0 radical (unpaired) electrons. The van der Waals surface area contributed by atoms with Crippen LogP contribution in [0.15, 0.2) is 24.3 Å². The molecule has 0 bridgehead atoms. The van der Waals surface area contributed by atoms with Gasteiger partial charge in [-0.15, -0.1) is 0 Å². The quantitative estimate of drug-likeness (QED) is 0.908. The highest BCUT2D eigenvalue weighted by Crippen LogP contribution is 2.31. The minimum atomic E-state index is -2.84. The van der Waals surface area contributed by atoms with Crippen molar-refractivity contribution in [3.05, 3.63) is 24.3 Å². The van der Waals surface area contributed by atoms with E-state index in [2.05, 4.69) is 10.1 Å². The third kappa shape index (κ3) is 4.06. The molecule has 0 aliphatic carbocycles. The molecule has 21 heavy (non-hydrogen) atoms. The van der Waals surface area contributed by atoms with Crippen molar-refractivity contribution in [2.24, 2.45) is 5.92 Å². The second kappa shape index (κ2) is 6.74. The number of benzene rings is 1. The van der Waals surface area contributed by atoms with Gasteiger partial charge in [-0.25, -0.2) is 0 Å². The van der Waals surface area contributed by atoms with Crippen molar-refractivity contribution in [3.63, 3.8) is 0 Å². The average molecular weight is 298 g/mol. The third-order valence-corrected chi connectivity index (χ3v) is 3.48. The molecule has 4 nitrogen and oxygen atoms in total. The summed E-state index contributed by atoms with van der Waals surface area (Å²) in [6.07, 6.45) is 0.793. The van der Waals surface area contributed by atoms with Gasteiger partial charge in [0.2, 0.25) is 5.91 Å². The second-order valence-electron chi connectivity index (χ2n) is 5.44. The lowest BCUT2D eigenvalue weighted by Crippen LogP contribution is -2.39. The number of anilines is 1. The van der Waals surface area contributed by atoms with Crippen LogP contribution in [0.5, 0.6) is 5.75 Å². The van der Waals surface area contributed by atoms with Crippen LogP contribution in [0.25, 0.3) is 0 Å². The summed E-state index contributed by atoms with van der Waals surface area (Å²) in [6.45, 7) is 2.14. The van der Waals surface area contributed by atoms with Crippen LogP contribution >= 0.6 is 0 Å². The molecule has 0 unspecified atom stereocenters. The molecule has 1 fully saturated rings. The van der Waals surface area contributed by atoms with Gasteiger partial charge in [0.25, 0.3) is 0 Å². The molecule has 6 heteroatoms. The number of nitrogens with one attached hydrogen (secondary N) is 1. The van der Waals surface area contributed by atoms with Crippen LogP contribution in [0.2, 0.25) is 0 Å². The van der Waals surface area contributed by atoms with E-state index in [0.29, 0.717) is 18.8 Å². The van der Waals surface area contributed by atoms with Gasteiger partial charge in [-0.2, -0.15) is 8.78 Å². The number of halogens is 2. The largest absolute Gasteiger partial charge is 0.433 e. The summed E-state index contributed by atoms with van der Waals surface area (Å²) >= 11 is 0. The normalized spacial score (nSPS) is 18.4. The predicted molar refractivity (Wildman–Crippen MR) is 76.7 cm³/mol. The maximum Gasteiger partial charge on any atom is 0.387 e. The second-order valence-corrected chi connectivity index (χ2v) is 5.44. The molecule has 1 aromatic carbocycles. The fraction of sp³-hybridized carbons (Fsp3) is 0.533. The van der Waals surface area contributed by atoms with E-state index in [1.54, 1.807) is 18.2 Å². The first-order valence-electron chi connectivity index (χ1n) is 7.06. The Morgan fingerprint density at radius 1 is 1.38 bits per heavy atom. The number of hydrogen-bond donors (Lipinski definition) is 1. The van der Waals surface area contributed by atoms with E-state index < -0.39 is 6.61 Å². The third-order valence-electron chi connectivity index (χ3n) is 3.48. The molecule has 1 N–H and O–H groups in total. The molecule has 1 aromatic rings. The molecule has 0 spiro atoms. The Kier molecular flexibility index (Phi) is 4.98. The molecule has 1 saturated heterocycles. The van der Waals surface area contributed by atoms with Crippen LogP contribution in [-0.2, 0) is 4.79 Å². The Morgan fingerprint density at radius 2 is 2.10 bits per heavy atom. The predicted octanol–water partition coefficient (Wildman–Crippen LogP) is 2.64. The van der Waals surface area contributed by atoms with Crippen LogP contribution < -0.4 is 15.0 Å². The van der Waals surface area contributed by atoms with Crippen LogP contribution in [0.3, 0.4) is 0 Å². The van der Waals surface area contributed by atoms with Gasteiger partial charge in [0.15, 0.2) is 0 Å². The minimum Gasteiger partial charge on any atom is -0.433 e. The first-order valence-corrected chi connectivity index (χ1v) is 7.06. The summed E-state index contributed by atoms with van der Waals surface area (Å²) in [7, 11) is 0. The molecule has 2 rings (SSSR count). The summed E-state index contributed by atoms with van der Waals surface area (Å²) in [5, 5.41) is 2.97. The van der Waals surface area contributed by atoms with Crippen molar-refractivity contribution in [3.8, 4) is 5.75 Å². The van der Waals surface area contributed by atoms with Gasteiger partial charge < -0.3 is 15.0 Å². The molecule has 1 aliphatic rings. The number of nitrogens with zero attached hydrogens (tertiary/aromatic N) is 1. The smallest absolute Gasteiger partial charge is 0.387 e. The van der Waals surface area contributed by atoms with E-state index in [4.69, 9.17) is 0 Å². The number of hydrogen-bond acceptors (Lipinski definition) is 3. The van der Waals surface area contributed by atoms with Crippen molar-refractivity contribution in [1.29, 1.82) is 0 Å². The fourth-order valence-electron chi connectivity index (χ4n) is 2.38. The summed E-state index contributed by atoms with van der Waals surface area (Å²) in [6, 6.07) is 6.77. The number of amides is 1. The summed E-state index contributed by atoms with van der Waals surface area (Å²) < 4.78 is 29.4. The maximum atomic E-state index is 12.4. The Balaban J connectivity index is 2.03. The lowest BCUT2D eigenvalue weighted by Gasteiger charge is -2.22. The Bertz CT molecular complexity index is 494. The van der Waals surface area contributed by atoms with Crippen molar-refractivity contribution >= 4 is 11.6 Å². The summed E-state index contributed by atoms with van der Waals surface area (Å²) in [5.74, 6) is 0.121. The molecular weight excluding hydrogens is 278 g/mol. The van der Waals surface area contributed by atoms with Gasteiger partial charge in [0.05, 0.1) is 5.69 Å². The van der Waals surface area contributed by atoms with E-state index in [1.165, 1.54) is 6.07 Å². The number of carbonyl (C=O) groups is 1.